The molecule has 1 N–H and O–H groups in total. The Morgan fingerprint density at radius 2 is 1.79 bits per heavy atom. The molecule has 0 atom stereocenters. The normalized spacial score (nSPS) is 15.2. The van der Waals surface area contributed by atoms with Crippen LogP contribution in [0.2, 0.25) is 0 Å². The number of hydrogen-bond acceptors (Lipinski definition) is 2. The Balaban J connectivity index is 1.62. The lowest BCUT2D eigenvalue weighted by Crippen LogP contribution is -2.01. The van der Waals surface area contributed by atoms with Crippen LogP contribution in [-0.4, -0.2) is 12.8 Å². The fraction of sp³-hybridized carbons (Fsp3) is 0.136. The van der Waals surface area contributed by atoms with E-state index in [2.05, 4.69) is 36.4 Å². The Hall–Kier alpha value is -2.87. The summed E-state index contributed by atoms with van der Waals surface area (Å²) in [5.74, 6) is 0.873. The van der Waals surface area contributed by atoms with Gasteiger partial charge in [0.2, 0.25) is 0 Å². The van der Waals surface area contributed by atoms with E-state index in [1.54, 1.807) is 7.11 Å². The highest BCUT2D eigenvalue weighted by atomic mass is 16.5. The van der Waals surface area contributed by atoms with Gasteiger partial charge in [-0.3, -0.25) is 0 Å². The Kier molecular flexibility index (Phi) is 5.07. The van der Waals surface area contributed by atoms with Crippen LogP contribution in [0.1, 0.15) is 24.0 Å². The van der Waals surface area contributed by atoms with E-state index in [1.807, 2.05) is 42.5 Å². The number of hydrogen-bond donors (Lipinski definition) is 1. The van der Waals surface area contributed by atoms with Crippen LogP contribution < -0.4 is 4.74 Å². The minimum atomic E-state index is 0.661. The van der Waals surface area contributed by atoms with E-state index in [-0.39, 0.29) is 0 Å². The number of nitrogens with one attached hydrogen (secondary N) is 1. The van der Waals surface area contributed by atoms with E-state index < -0.39 is 0 Å². The van der Waals surface area contributed by atoms with Crippen molar-refractivity contribution in [2.45, 2.75) is 12.8 Å². The monoisotopic (exact) mass is 315 g/mol. The summed E-state index contributed by atoms with van der Waals surface area (Å²) in [6, 6.07) is 18.0. The van der Waals surface area contributed by atoms with Crippen molar-refractivity contribution in [2.24, 2.45) is 0 Å². The van der Waals surface area contributed by atoms with Gasteiger partial charge in [0.25, 0.3) is 0 Å². The smallest absolute Gasteiger partial charge is 0.118 e. The average molecular weight is 315 g/mol. The number of ether oxygens (including phenoxy) is 1. The molecule has 0 amide bonds. The standard InChI is InChI=1S/C22H21NO/c1-24-21-13-11-18(12-14-21)15-17-7-9-19(10-8-17)16-22(23)20-5-3-2-4-6-20/h2-7,9-15,23H,8,16H2,1H3. The first-order valence-corrected chi connectivity index (χ1v) is 8.09. The van der Waals surface area contributed by atoms with Crippen LogP contribution in [0.5, 0.6) is 5.75 Å². The van der Waals surface area contributed by atoms with E-state index in [1.165, 1.54) is 16.7 Å². The lowest BCUT2D eigenvalue weighted by Gasteiger charge is -2.11. The molecule has 2 aromatic rings. The molecular weight excluding hydrogens is 294 g/mol. The molecular formula is C22H21NO. The first-order chi connectivity index (χ1) is 11.7. The summed E-state index contributed by atoms with van der Waals surface area (Å²) < 4.78 is 5.18. The van der Waals surface area contributed by atoms with Gasteiger partial charge in [0.15, 0.2) is 0 Å². The van der Waals surface area contributed by atoms with Crippen LogP contribution in [0.15, 0.2) is 84.0 Å². The molecule has 0 radical (unpaired) electrons. The van der Waals surface area contributed by atoms with Gasteiger partial charge in [0.05, 0.1) is 7.11 Å². The number of allylic oxidation sites excluding steroid dienone is 5. The van der Waals surface area contributed by atoms with Crippen LogP contribution in [0.3, 0.4) is 0 Å². The fourth-order valence-corrected chi connectivity index (χ4v) is 2.70. The molecule has 1 aliphatic rings. The maximum Gasteiger partial charge on any atom is 0.118 e. The second-order valence-electron chi connectivity index (χ2n) is 5.83. The van der Waals surface area contributed by atoms with Gasteiger partial charge in [-0.25, -0.2) is 0 Å². The molecule has 0 fully saturated rings. The van der Waals surface area contributed by atoms with Crippen molar-refractivity contribution >= 4 is 11.8 Å². The maximum atomic E-state index is 8.23. The second-order valence-corrected chi connectivity index (χ2v) is 5.83. The molecule has 2 aromatic carbocycles. The van der Waals surface area contributed by atoms with E-state index in [9.17, 15) is 0 Å². The molecule has 0 saturated carbocycles. The number of rotatable bonds is 5. The zero-order chi connectivity index (χ0) is 16.8. The van der Waals surface area contributed by atoms with Gasteiger partial charge in [0, 0.05) is 12.1 Å². The van der Waals surface area contributed by atoms with Gasteiger partial charge in [-0.2, -0.15) is 0 Å². The summed E-state index contributed by atoms with van der Waals surface area (Å²) in [6.45, 7) is 0. The molecule has 0 heterocycles. The van der Waals surface area contributed by atoms with E-state index >= 15 is 0 Å². The predicted octanol–water partition coefficient (Wildman–Crippen LogP) is 5.42. The van der Waals surface area contributed by atoms with Crippen LogP contribution in [0.4, 0.5) is 0 Å². The number of methoxy groups -OCH3 is 1. The molecule has 0 spiro atoms. The Morgan fingerprint density at radius 1 is 1.04 bits per heavy atom. The molecule has 1 aliphatic carbocycles. The molecule has 0 aliphatic heterocycles. The maximum absolute atomic E-state index is 8.23. The largest absolute Gasteiger partial charge is 0.497 e. The minimum absolute atomic E-state index is 0.661. The summed E-state index contributed by atoms with van der Waals surface area (Å²) in [5.41, 5.74) is 5.30. The Morgan fingerprint density at radius 3 is 2.42 bits per heavy atom. The molecule has 2 heteroatoms. The van der Waals surface area contributed by atoms with Crippen molar-refractivity contribution in [1.29, 1.82) is 5.41 Å². The quantitative estimate of drug-likeness (QED) is 0.734. The fourth-order valence-electron chi connectivity index (χ4n) is 2.70. The van der Waals surface area contributed by atoms with Crippen molar-refractivity contribution in [3.63, 3.8) is 0 Å². The third kappa shape index (κ3) is 4.11. The highest BCUT2D eigenvalue weighted by molar-refractivity contribution is 5.99. The topological polar surface area (TPSA) is 33.1 Å². The summed E-state index contributed by atoms with van der Waals surface area (Å²) >= 11 is 0. The van der Waals surface area contributed by atoms with Crippen LogP contribution in [0, 0.1) is 5.41 Å². The molecule has 0 aromatic heterocycles. The zero-order valence-electron chi connectivity index (χ0n) is 13.8. The molecule has 0 bridgehead atoms. The first kappa shape index (κ1) is 16.0. The Labute approximate surface area is 143 Å². The third-order valence-electron chi connectivity index (χ3n) is 4.08. The highest BCUT2D eigenvalue weighted by Gasteiger charge is 2.06. The highest BCUT2D eigenvalue weighted by Crippen LogP contribution is 2.22. The van der Waals surface area contributed by atoms with Gasteiger partial charge < -0.3 is 10.1 Å². The van der Waals surface area contributed by atoms with Crippen molar-refractivity contribution in [1.82, 2.24) is 0 Å². The molecule has 0 saturated heterocycles. The summed E-state index contributed by atoms with van der Waals surface area (Å²) in [4.78, 5) is 0. The molecule has 2 nitrogen and oxygen atoms in total. The lowest BCUT2D eigenvalue weighted by molar-refractivity contribution is 0.415. The Bertz CT molecular complexity index is 796. The van der Waals surface area contributed by atoms with Gasteiger partial charge in [-0.15, -0.1) is 0 Å². The number of benzene rings is 2. The average Bonchev–Trinajstić information content (AvgIpc) is 2.65. The van der Waals surface area contributed by atoms with Gasteiger partial charge >= 0.3 is 0 Å². The van der Waals surface area contributed by atoms with Crippen molar-refractivity contribution < 1.29 is 4.74 Å². The van der Waals surface area contributed by atoms with Crippen molar-refractivity contribution in [3.05, 3.63) is 95.1 Å². The summed E-state index contributed by atoms with van der Waals surface area (Å²) in [5, 5.41) is 8.23. The molecule has 3 rings (SSSR count). The van der Waals surface area contributed by atoms with Gasteiger partial charge in [0.1, 0.15) is 5.75 Å². The SMILES string of the molecule is COc1ccc(C=C2C=CC(CC(=N)c3ccccc3)=CC2)cc1. The van der Waals surface area contributed by atoms with E-state index in [4.69, 9.17) is 10.1 Å². The second kappa shape index (κ2) is 7.60. The van der Waals surface area contributed by atoms with Gasteiger partial charge in [-0.05, 0) is 40.8 Å². The summed E-state index contributed by atoms with van der Waals surface area (Å²) in [7, 11) is 1.68. The first-order valence-electron chi connectivity index (χ1n) is 8.09. The van der Waals surface area contributed by atoms with E-state index in [0.29, 0.717) is 12.1 Å². The zero-order valence-corrected chi connectivity index (χ0v) is 13.8. The predicted molar refractivity (Wildman–Crippen MR) is 101 cm³/mol. The minimum Gasteiger partial charge on any atom is -0.497 e. The third-order valence-corrected chi connectivity index (χ3v) is 4.08. The van der Waals surface area contributed by atoms with Crippen LogP contribution >= 0.6 is 0 Å². The van der Waals surface area contributed by atoms with Gasteiger partial charge in [-0.1, -0.05) is 66.8 Å². The van der Waals surface area contributed by atoms with E-state index in [0.717, 1.165) is 17.7 Å². The van der Waals surface area contributed by atoms with Crippen molar-refractivity contribution in [2.75, 3.05) is 7.11 Å². The summed E-state index contributed by atoms with van der Waals surface area (Å²) in [6.07, 6.45) is 10.3. The molecule has 24 heavy (non-hydrogen) atoms. The van der Waals surface area contributed by atoms with Crippen LogP contribution in [-0.2, 0) is 0 Å². The van der Waals surface area contributed by atoms with Crippen molar-refractivity contribution in [3.8, 4) is 5.75 Å². The van der Waals surface area contributed by atoms with Crippen LogP contribution in [0.25, 0.3) is 6.08 Å². The molecule has 120 valence electrons. The lowest BCUT2D eigenvalue weighted by atomic mass is 9.95. The molecule has 0 unspecified atom stereocenters.